The Hall–Kier alpha value is -1.62. The van der Waals surface area contributed by atoms with Crippen LogP contribution in [-0.2, 0) is 11.3 Å². The Labute approximate surface area is 126 Å². The monoisotopic (exact) mass is 304 g/mol. The minimum Gasteiger partial charge on any atom is -0.380 e. The second-order valence-corrected chi connectivity index (χ2v) is 5.73. The van der Waals surface area contributed by atoms with Crippen LogP contribution >= 0.6 is 22.9 Å². The van der Waals surface area contributed by atoms with Crippen LogP contribution in [0.4, 0.5) is 10.8 Å². The van der Waals surface area contributed by atoms with Gasteiger partial charge in [-0.2, -0.15) is 0 Å². The smallest absolute Gasteiger partial charge is 0.188 e. The molecule has 1 heterocycles. The molecular weight excluding hydrogens is 292 g/mol. The SMILES string of the molecule is COCc1ccccc1Nc1nc2cccc(Cl)c2s1. The van der Waals surface area contributed by atoms with Crippen LogP contribution in [0.5, 0.6) is 0 Å². The number of thiazole rings is 1. The molecule has 0 fully saturated rings. The molecule has 0 saturated carbocycles. The van der Waals surface area contributed by atoms with Crippen LogP contribution in [0.25, 0.3) is 10.2 Å². The summed E-state index contributed by atoms with van der Waals surface area (Å²) in [4.78, 5) is 4.55. The number of fused-ring (bicyclic) bond motifs is 1. The zero-order valence-electron chi connectivity index (χ0n) is 10.9. The third kappa shape index (κ3) is 2.63. The first-order chi connectivity index (χ1) is 9.78. The van der Waals surface area contributed by atoms with Crippen LogP contribution in [-0.4, -0.2) is 12.1 Å². The van der Waals surface area contributed by atoms with Gasteiger partial charge in [0.25, 0.3) is 0 Å². The van der Waals surface area contributed by atoms with E-state index in [1.54, 1.807) is 18.4 Å². The van der Waals surface area contributed by atoms with E-state index in [0.717, 1.165) is 31.6 Å². The fraction of sp³-hybridized carbons (Fsp3) is 0.133. The summed E-state index contributed by atoms with van der Waals surface area (Å²) in [5, 5.41) is 4.91. The standard InChI is InChI=1S/C15H13ClN2OS/c1-19-9-10-5-2-3-7-12(10)17-15-18-13-8-4-6-11(16)14(13)20-15/h2-8H,9H2,1H3,(H,17,18). The van der Waals surface area contributed by atoms with Crippen molar-refractivity contribution in [2.75, 3.05) is 12.4 Å². The number of nitrogens with zero attached hydrogens (tertiary/aromatic N) is 1. The lowest BCUT2D eigenvalue weighted by Gasteiger charge is -2.08. The Morgan fingerprint density at radius 1 is 1.20 bits per heavy atom. The van der Waals surface area contributed by atoms with Gasteiger partial charge in [0.15, 0.2) is 5.13 Å². The molecule has 3 aromatic rings. The Bertz CT molecular complexity index is 742. The Balaban J connectivity index is 1.95. The summed E-state index contributed by atoms with van der Waals surface area (Å²) in [6.45, 7) is 0.564. The number of aromatic nitrogens is 1. The number of nitrogens with one attached hydrogen (secondary N) is 1. The van der Waals surface area contributed by atoms with Gasteiger partial charge in [-0.3, -0.25) is 0 Å². The van der Waals surface area contributed by atoms with Gasteiger partial charge in [0.1, 0.15) is 0 Å². The van der Waals surface area contributed by atoms with Gasteiger partial charge in [0.05, 0.1) is 21.8 Å². The minimum atomic E-state index is 0.564. The van der Waals surface area contributed by atoms with E-state index in [-0.39, 0.29) is 0 Å². The lowest BCUT2D eigenvalue weighted by Crippen LogP contribution is -1.96. The average Bonchev–Trinajstić information content (AvgIpc) is 2.85. The minimum absolute atomic E-state index is 0.564. The molecule has 20 heavy (non-hydrogen) atoms. The van der Waals surface area contributed by atoms with Crippen molar-refractivity contribution >= 4 is 44.0 Å². The normalized spacial score (nSPS) is 10.9. The highest BCUT2D eigenvalue weighted by Gasteiger charge is 2.08. The lowest BCUT2D eigenvalue weighted by molar-refractivity contribution is 0.185. The van der Waals surface area contributed by atoms with E-state index in [1.165, 1.54) is 0 Å². The van der Waals surface area contributed by atoms with Crippen LogP contribution < -0.4 is 5.32 Å². The van der Waals surface area contributed by atoms with Crippen LogP contribution in [0.15, 0.2) is 42.5 Å². The van der Waals surface area contributed by atoms with Gasteiger partial charge in [-0.25, -0.2) is 4.98 Å². The Morgan fingerprint density at radius 2 is 2.05 bits per heavy atom. The topological polar surface area (TPSA) is 34.1 Å². The van der Waals surface area contributed by atoms with Crippen molar-refractivity contribution in [1.82, 2.24) is 4.98 Å². The maximum Gasteiger partial charge on any atom is 0.188 e. The second-order valence-electron chi connectivity index (χ2n) is 4.32. The Kier molecular flexibility index (Phi) is 3.87. The number of rotatable bonds is 4. The molecule has 2 aromatic carbocycles. The first-order valence-electron chi connectivity index (χ1n) is 6.17. The van der Waals surface area contributed by atoms with Crippen molar-refractivity contribution in [3.8, 4) is 0 Å². The molecule has 0 unspecified atom stereocenters. The molecule has 0 atom stereocenters. The molecule has 0 spiro atoms. The molecule has 0 aliphatic rings. The summed E-state index contributed by atoms with van der Waals surface area (Å²) in [5.74, 6) is 0. The number of hydrogen-bond donors (Lipinski definition) is 1. The van der Waals surface area contributed by atoms with Crippen molar-refractivity contribution in [3.63, 3.8) is 0 Å². The fourth-order valence-corrected chi connectivity index (χ4v) is 3.18. The van der Waals surface area contributed by atoms with E-state index in [1.807, 2.05) is 42.5 Å². The van der Waals surface area contributed by atoms with E-state index >= 15 is 0 Å². The summed E-state index contributed by atoms with van der Waals surface area (Å²) in [6, 6.07) is 13.8. The molecule has 0 aliphatic carbocycles. The molecule has 0 amide bonds. The fourth-order valence-electron chi connectivity index (χ4n) is 2.01. The number of ether oxygens (including phenoxy) is 1. The first kappa shape index (κ1) is 13.4. The molecule has 102 valence electrons. The largest absolute Gasteiger partial charge is 0.380 e. The molecule has 5 heteroatoms. The van der Waals surface area contributed by atoms with Gasteiger partial charge in [-0.05, 0) is 18.2 Å². The number of hydrogen-bond acceptors (Lipinski definition) is 4. The third-order valence-corrected chi connectivity index (χ3v) is 4.37. The van der Waals surface area contributed by atoms with Gasteiger partial charge < -0.3 is 10.1 Å². The van der Waals surface area contributed by atoms with E-state index in [0.29, 0.717) is 6.61 Å². The molecule has 0 saturated heterocycles. The number of benzene rings is 2. The molecule has 1 N–H and O–H groups in total. The van der Waals surface area contributed by atoms with Crippen molar-refractivity contribution in [2.45, 2.75) is 6.61 Å². The van der Waals surface area contributed by atoms with Crippen molar-refractivity contribution in [2.24, 2.45) is 0 Å². The molecular formula is C15H13ClN2OS. The predicted molar refractivity (Wildman–Crippen MR) is 85.1 cm³/mol. The molecule has 3 rings (SSSR count). The van der Waals surface area contributed by atoms with E-state index < -0.39 is 0 Å². The van der Waals surface area contributed by atoms with Gasteiger partial charge in [-0.1, -0.05) is 47.2 Å². The highest BCUT2D eigenvalue weighted by atomic mass is 35.5. The maximum atomic E-state index is 6.18. The lowest BCUT2D eigenvalue weighted by atomic mass is 10.2. The van der Waals surface area contributed by atoms with Gasteiger partial charge in [0.2, 0.25) is 0 Å². The van der Waals surface area contributed by atoms with E-state index in [4.69, 9.17) is 16.3 Å². The molecule has 1 aromatic heterocycles. The predicted octanol–water partition coefficient (Wildman–Crippen LogP) is 4.84. The molecule has 0 bridgehead atoms. The number of halogens is 1. The molecule has 0 radical (unpaired) electrons. The van der Waals surface area contributed by atoms with E-state index in [9.17, 15) is 0 Å². The van der Waals surface area contributed by atoms with Crippen molar-refractivity contribution in [1.29, 1.82) is 0 Å². The number of anilines is 2. The van der Waals surface area contributed by atoms with Gasteiger partial charge >= 0.3 is 0 Å². The summed E-state index contributed by atoms with van der Waals surface area (Å²) < 4.78 is 6.21. The zero-order valence-corrected chi connectivity index (χ0v) is 12.5. The second kappa shape index (κ2) is 5.79. The Morgan fingerprint density at radius 3 is 2.85 bits per heavy atom. The summed E-state index contributed by atoms with van der Waals surface area (Å²) in [6.07, 6.45) is 0. The van der Waals surface area contributed by atoms with E-state index in [2.05, 4.69) is 10.3 Å². The third-order valence-electron chi connectivity index (χ3n) is 2.93. The van der Waals surface area contributed by atoms with Crippen LogP contribution in [0.3, 0.4) is 0 Å². The summed E-state index contributed by atoms with van der Waals surface area (Å²) in [5.41, 5.74) is 3.01. The highest BCUT2D eigenvalue weighted by molar-refractivity contribution is 7.22. The van der Waals surface area contributed by atoms with Crippen molar-refractivity contribution < 1.29 is 4.74 Å². The summed E-state index contributed by atoms with van der Waals surface area (Å²) in [7, 11) is 1.69. The number of para-hydroxylation sites is 1. The zero-order chi connectivity index (χ0) is 13.9. The van der Waals surface area contributed by atoms with Gasteiger partial charge in [-0.15, -0.1) is 0 Å². The van der Waals surface area contributed by atoms with Crippen LogP contribution in [0, 0.1) is 0 Å². The summed E-state index contributed by atoms with van der Waals surface area (Å²) >= 11 is 7.73. The number of methoxy groups -OCH3 is 1. The maximum absolute atomic E-state index is 6.18. The highest BCUT2D eigenvalue weighted by Crippen LogP contribution is 2.33. The quantitative estimate of drug-likeness (QED) is 0.749. The van der Waals surface area contributed by atoms with Crippen LogP contribution in [0.1, 0.15) is 5.56 Å². The molecule has 3 nitrogen and oxygen atoms in total. The van der Waals surface area contributed by atoms with Crippen molar-refractivity contribution in [3.05, 3.63) is 53.1 Å². The van der Waals surface area contributed by atoms with Crippen LogP contribution in [0.2, 0.25) is 5.02 Å². The van der Waals surface area contributed by atoms with Gasteiger partial charge in [0, 0.05) is 18.4 Å². The average molecular weight is 305 g/mol. The molecule has 0 aliphatic heterocycles. The first-order valence-corrected chi connectivity index (χ1v) is 7.36.